The second-order valence-electron chi connectivity index (χ2n) is 4.45. The number of sulfonamides is 1. The molecule has 1 aliphatic carbocycles. The van der Waals surface area contributed by atoms with E-state index in [1.165, 1.54) is 11.4 Å². The Labute approximate surface area is 101 Å². The molecule has 17 heavy (non-hydrogen) atoms. The fraction of sp³-hybridized carbons (Fsp3) is 0.900. The highest BCUT2D eigenvalue weighted by atomic mass is 32.2. The molecule has 0 aromatic rings. The first kappa shape index (κ1) is 12.8. The van der Waals surface area contributed by atoms with Crippen LogP contribution in [0.25, 0.3) is 0 Å². The summed E-state index contributed by atoms with van der Waals surface area (Å²) in [7, 11) is -2.12. The van der Waals surface area contributed by atoms with Crippen molar-refractivity contribution < 1.29 is 22.7 Å². The van der Waals surface area contributed by atoms with Crippen LogP contribution in [0.5, 0.6) is 0 Å². The monoisotopic (exact) mass is 263 g/mol. The van der Waals surface area contributed by atoms with Crippen LogP contribution in [-0.4, -0.2) is 57.4 Å². The van der Waals surface area contributed by atoms with E-state index in [4.69, 9.17) is 4.74 Å². The molecular formula is C10H17NO5S. The van der Waals surface area contributed by atoms with Crippen molar-refractivity contribution in [3.05, 3.63) is 0 Å². The van der Waals surface area contributed by atoms with Gasteiger partial charge >= 0.3 is 5.97 Å². The predicted octanol–water partition coefficient (Wildman–Crippen LogP) is -0.400. The zero-order valence-corrected chi connectivity index (χ0v) is 10.6. The Morgan fingerprint density at radius 3 is 2.76 bits per heavy atom. The molecule has 98 valence electrons. The molecule has 1 heterocycles. The van der Waals surface area contributed by atoms with E-state index in [1.807, 2.05) is 0 Å². The molecule has 1 aliphatic heterocycles. The smallest absolute Gasteiger partial charge is 0.326 e. The van der Waals surface area contributed by atoms with Crippen LogP contribution in [-0.2, 0) is 24.3 Å². The van der Waals surface area contributed by atoms with E-state index in [-0.39, 0.29) is 24.8 Å². The topological polar surface area (TPSA) is 72.9 Å². The minimum absolute atomic E-state index is 0.0799. The summed E-state index contributed by atoms with van der Waals surface area (Å²) >= 11 is 0. The van der Waals surface area contributed by atoms with Gasteiger partial charge in [-0.15, -0.1) is 0 Å². The van der Waals surface area contributed by atoms with Gasteiger partial charge in [-0.1, -0.05) is 0 Å². The highest BCUT2D eigenvalue weighted by Gasteiger charge is 2.40. The first-order valence-electron chi connectivity index (χ1n) is 5.69. The highest BCUT2D eigenvalue weighted by molar-refractivity contribution is 7.89. The Balaban J connectivity index is 2.11. The molecule has 1 saturated heterocycles. The Morgan fingerprint density at radius 1 is 1.47 bits per heavy atom. The molecule has 0 bridgehead atoms. The quantitative estimate of drug-likeness (QED) is 0.645. The lowest BCUT2D eigenvalue weighted by molar-refractivity contribution is -0.149. The number of rotatable bonds is 4. The number of morpholine rings is 1. The number of carbonyl (C=O) groups is 1. The predicted molar refractivity (Wildman–Crippen MR) is 59.8 cm³/mol. The van der Waals surface area contributed by atoms with Crippen LogP contribution in [0.4, 0.5) is 0 Å². The molecule has 1 unspecified atom stereocenters. The molecular weight excluding hydrogens is 246 g/mol. The minimum Gasteiger partial charge on any atom is -0.468 e. The molecule has 0 N–H and O–H groups in total. The van der Waals surface area contributed by atoms with E-state index in [0.29, 0.717) is 6.61 Å². The molecule has 1 atom stereocenters. The number of esters is 1. The molecule has 0 aromatic heterocycles. The van der Waals surface area contributed by atoms with Crippen molar-refractivity contribution in [3.8, 4) is 0 Å². The summed E-state index contributed by atoms with van der Waals surface area (Å²) in [4.78, 5) is 11.5. The van der Waals surface area contributed by atoms with Crippen molar-refractivity contribution >= 4 is 16.0 Å². The third-order valence-corrected chi connectivity index (χ3v) is 5.10. The van der Waals surface area contributed by atoms with Gasteiger partial charge < -0.3 is 9.47 Å². The first-order valence-corrected chi connectivity index (χ1v) is 7.30. The van der Waals surface area contributed by atoms with Crippen LogP contribution in [0.15, 0.2) is 0 Å². The van der Waals surface area contributed by atoms with Gasteiger partial charge in [0.25, 0.3) is 0 Å². The molecule has 0 amide bonds. The summed E-state index contributed by atoms with van der Waals surface area (Å²) in [6, 6.07) is -0.822. The Hall–Kier alpha value is -0.660. The standard InChI is InChI=1S/C10H17NO5S/c1-15-10(12)9-6-16-5-4-11(9)17(13,14)7-8-2-3-8/h8-9H,2-7H2,1H3. The molecule has 0 spiro atoms. The second kappa shape index (κ2) is 4.91. The van der Waals surface area contributed by atoms with Crippen LogP contribution >= 0.6 is 0 Å². The average Bonchev–Trinajstić information content (AvgIpc) is 3.11. The molecule has 0 radical (unpaired) electrons. The van der Waals surface area contributed by atoms with Crippen molar-refractivity contribution in [2.24, 2.45) is 5.92 Å². The molecule has 2 fully saturated rings. The van der Waals surface area contributed by atoms with Crippen molar-refractivity contribution in [1.29, 1.82) is 0 Å². The van der Waals surface area contributed by atoms with Crippen molar-refractivity contribution in [3.63, 3.8) is 0 Å². The summed E-state index contributed by atoms with van der Waals surface area (Å²) in [5.41, 5.74) is 0. The molecule has 6 nitrogen and oxygen atoms in total. The molecule has 2 rings (SSSR count). The third-order valence-electron chi connectivity index (χ3n) is 3.05. The normalized spacial score (nSPS) is 26.8. The lowest BCUT2D eigenvalue weighted by atomic mass is 10.3. The molecule has 7 heteroatoms. The van der Waals surface area contributed by atoms with Crippen molar-refractivity contribution in [1.82, 2.24) is 4.31 Å². The van der Waals surface area contributed by atoms with Gasteiger partial charge in [-0.25, -0.2) is 8.42 Å². The van der Waals surface area contributed by atoms with Gasteiger partial charge in [0.1, 0.15) is 6.04 Å². The maximum atomic E-state index is 12.1. The van der Waals surface area contributed by atoms with Gasteiger partial charge in [-0.3, -0.25) is 4.79 Å². The summed E-state index contributed by atoms with van der Waals surface area (Å²) in [5, 5.41) is 0. The zero-order chi connectivity index (χ0) is 12.5. The SMILES string of the molecule is COC(=O)C1COCCN1S(=O)(=O)CC1CC1. The second-order valence-corrected chi connectivity index (χ2v) is 6.41. The van der Waals surface area contributed by atoms with Crippen molar-refractivity contribution in [2.75, 3.05) is 32.6 Å². The van der Waals surface area contributed by atoms with Gasteiger partial charge in [0.2, 0.25) is 10.0 Å². The summed E-state index contributed by atoms with van der Waals surface area (Å²) in [5.74, 6) is -0.147. The first-order chi connectivity index (χ1) is 8.04. The van der Waals surface area contributed by atoms with Crippen molar-refractivity contribution in [2.45, 2.75) is 18.9 Å². The number of hydrogen-bond donors (Lipinski definition) is 0. The molecule has 0 aromatic carbocycles. The summed E-state index contributed by atoms with van der Waals surface area (Å²) in [6.07, 6.45) is 1.93. The number of carbonyl (C=O) groups excluding carboxylic acids is 1. The molecule has 1 saturated carbocycles. The van der Waals surface area contributed by atoms with Gasteiger partial charge in [0, 0.05) is 6.54 Å². The Kier molecular flexibility index (Phi) is 3.70. The van der Waals surface area contributed by atoms with Crippen LogP contribution < -0.4 is 0 Å². The van der Waals surface area contributed by atoms with Crippen LogP contribution in [0.2, 0.25) is 0 Å². The van der Waals surface area contributed by atoms with Crippen LogP contribution in [0.3, 0.4) is 0 Å². The number of nitrogens with zero attached hydrogens (tertiary/aromatic N) is 1. The lowest BCUT2D eigenvalue weighted by Gasteiger charge is -2.32. The Morgan fingerprint density at radius 2 is 2.18 bits per heavy atom. The van der Waals surface area contributed by atoms with Gasteiger partial charge in [-0.05, 0) is 18.8 Å². The number of methoxy groups -OCH3 is 1. The van der Waals surface area contributed by atoms with Crippen LogP contribution in [0.1, 0.15) is 12.8 Å². The lowest BCUT2D eigenvalue weighted by Crippen LogP contribution is -2.53. The Bertz CT molecular complexity index is 390. The highest BCUT2D eigenvalue weighted by Crippen LogP contribution is 2.31. The van der Waals surface area contributed by atoms with E-state index >= 15 is 0 Å². The maximum absolute atomic E-state index is 12.1. The minimum atomic E-state index is -3.37. The summed E-state index contributed by atoms with van der Waals surface area (Å²) in [6.45, 7) is 0.642. The van der Waals surface area contributed by atoms with E-state index in [2.05, 4.69) is 4.74 Å². The third kappa shape index (κ3) is 2.97. The number of ether oxygens (including phenoxy) is 2. The van der Waals surface area contributed by atoms with Gasteiger partial charge in [0.05, 0.1) is 26.1 Å². The fourth-order valence-corrected chi connectivity index (χ4v) is 3.93. The average molecular weight is 263 g/mol. The molecule has 2 aliphatic rings. The van der Waals surface area contributed by atoms with E-state index < -0.39 is 22.0 Å². The van der Waals surface area contributed by atoms with E-state index in [1.54, 1.807) is 0 Å². The van der Waals surface area contributed by atoms with Gasteiger partial charge in [-0.2, -0.15) is 4.31 Å². The van der Waals surface area contributed by atoms with E-state index in [9.17, 15) is 13.2 Å². The largest absolute Gasteiger partial charge is 0.468 e. The fourth-order valence-electron chi connectivity index (χ4n) is 1.92. The van der Waals surface area contributed by atoms with Crippen LogP contribution in [0, 0.1) is 5.92 Å². The zero-order valence-electron chi connectivity index (χ0n) is 9.79. The van der Waals surface area contributed by atoms with Gasteiger partial charge in [0.15, 0.2) is 0 Å². The maximum Gasteiger partial charge on any atom is 0.326 e. The number of hydrogen-bond acceptors (Lipinski definition) is 5. The van der Waals surface area contributed by atoms with E-state index in [0.717, 1.165) is 12.8 Å². The summed E-state index contributed by atoms with van der Waals surface area (Å²) < 4.78 is 35.3.